The predicted octanol–water partition coefficient (Wildman–Crippen LogP) is 3.08. The zero-order valence-electron chi connectivity index (χ0n) is 5.84. The first-order chi connectivity index (χ1) is 5.59. The molecule has 1 aromatic carbocycles. The third-order valence-corrected chi connectivity index (χ3v) is 1.91. The largest absolute Gasteiger partial charge is 0.465 e. The molecule has 12 heavy (non-hydrogen) atoms. The summed E-state index contributed by atoms with van der Waals surface area (Å²) in [5.41, 5.74) is 0.400. The summed E-state index contributed by atoms with van der Waals surface area (Å²) in [6.07, 6.45) is -1.13. The average molecular weight is 206 g/mol. The molecule has 0 radical (unpaired) electrons. The van der Waals surface area contributed by atoms with Gasteiger partial charge < -0.3 is 5.11 Å². The SMILES string of the molecule is O=C(O)Nc1ccc(Cl)c(Cl)c1. The average Bonchev–Trinajstić information content (AvgIpc) is 1.96. The first-order valence-corrected chi connectivity index (χ1v) is 3.80. The normalized spacial score (nSPS) is 9.50. The molecule has 5 heteroatoms. The predicted molar refractivity (Wildman–Crippen MR) is 48.1 cm³/mol. The van der Waals surface area contributed by atoms with Gasteiger partial charge in [0, 0.05) is 5.69 Å². The fourth-order valence-corrected chi connectivity index (χ4v) is 0.995. The smallest absolute Gasteiger partial charge is 0.409 e. The van der Waals surface area contributed by atoms with E-state index in [4.69, 9.17) is 28.3 Å². The lowest BCUT2D eigenvalue weighted by atomic mass is 10.3. The van der Waals surface area contributed by atoms with Crippen molar-refractivity contribution in [2.75, 3.05) is 5.32 Å². The molecule has 0 aromatic heterocycles. The molecule has 0 spiro atoms. The lowest BCUT2D eigenvalue weighted by Crippen LogP contribution is -2.06. The van der Waals surface area contributed by atoms with Crippen LogP contribution in [0.4, 0.5) is 10.5 Å². The summed E-state index contributed by atoms with van der Waals surface area (Å²) in [6, 6.07) is 4.50. The molecule has 0 fully saturated rings. The van der Waals surface area contributed by atoms with Crippen LogP contribution in [0.2, 0.25) is 10.0 Å². The van der Waals surface area contributed by atoms with Crippen LogP contribution in [0.1, 0.15) is 0 Å². The molecular formula is C7H5Cl2NO2. The lowest BCUT2D eigenvalue weighted by molar-refractivity contribution is 0.210. The van der Waals surface area contributed by atoms with Crippen molar-refractivity contribution in [3.63, 3.8) is 0 Å². The Morgan fingerprint density at radius 1 is 1.33 bits per heavy atom. The lowest BCUT2D eigenvalue weighted by Gasteiger charge is -2.01. The van der Waals surface area contributed by atoms with Gasteiger partial charge in [-0.15, -0.1) is 0 Å². The summed E-state index contributed by atoms with van der Waals surface area (Å²) in [7, 11) is 0. The second kappa shape index (κ2) is 3.65. The molecule has 0 aliphatic heterocycles. The van der Waals surface area contributed by atoms with Crippen LogP contribution in [-0.2, 0) is 0 Å². The highest BCUT2D eigenvalue weighted by Gasteiger charge is 2.01. The Kier molecular flexibility index (Phi) is 2.78. The number of carbonyl (C=O) groups is 1. The van der Waals surface area contributed by atoms with E-state index in [-0.39, 0.29) is 0 Å². The molecule has 3 nitrogen and oxygen atoms in total. The van der Waals surface area contributed by atoms with Gasteiger partial charge in [-0.25, -0.2) is 4.79 Å². The van der Waals surface area contributed by atoms with Gasteiger partial charge in [-0.05, 0) is 18.2 Å². The van der Waals surface area contributed by atoms with Gasteiger partial charge in [-0.2, -0.15) is 0 Å². The first kappa shape index (κ1) is 9.16. The monoisotopic (exact) mass is 205 g/mol. The molecule has 1 rings (SSSR count). The Morgan fingerprint density at radius 3 is 2.50 bits per heavy atom. The highest BCUT2D eigenvalue weighted by atomic mass is 35.5. The molecule has 0 unspecified atom stereocenters. The standard InChI is InChI=1S/C7H5Cl2NO2/c8-5-2-1-4(3-6(5)9)10-7(11)12/h1-3,10H,(H,11,12). The number of benzene rings is 1. The van der Waals surface area contributed by atoms with Crippen molar-refractivity contribution in [3.05, 3.63) is 28.2 Å². The third kappa shape index (κ3) is 2.29. The van der Waals surface area contributed by atoms with E-state index >= 15 is 0 Å². The van der Waals surface area contributed by atoms with E-state index in [0.717, 1.165) is 0 Å². The van der Waals surface area contributed by atoms with Crippen LogP contribution >= 0.6 is 23.2 Å². The Bertz CT molecular complexity index is 314. The Hall–Kier alpha value is -0.930. The molecule has 1 aromatic rings. The molecule has 1 amide bonds. The first-order valence-electron chi connectivity index (χ1n) is 3.04. The number of rotatable bonds is 1. The van der Waals surface area contributed by atoms with Crippen LogP contribution in [0.25, 0.3) is 0 Å². The van der Waals surface area contributed by atoms with Crippen LogP contribution in [-0.4, -0.2) is 11.2 Å². The topological polar surface area (TPSA) is 49.3 Å². The van der Waals surface area contributed by atoms with Gasteiger partial charge in [0.2, 0.25) is 0 Å². The maximum atomic E-state index is 10.2. The second-order valence-corrected chi connectivity index (χ2v) is 2.87. The summed E-state index contributed by atoms with van der Waals surface area (Å²) >= 11 is 11.2. The van der Waals surface area contributed by atoms with Crippen molar-refractivity contribution < 1.29 is 9.90 Å². The summed E-state index contributed by atoms with van der Waals surface area (Å²) in [5, 5.41) is 11.2. The summed E-state index contributed by atoms with van der Waals surface area (Å²) < 4.78 is 0. The fourth-order valence-electron chi connectivity index (χ4n) is 0.697. The van der Waals surface area contributed by atoms with E-state index in [2.05, 4.69) is 5.32 Å². The molecule has 64 valence electrons. The number of hydrogen-bond donors (Lipinski definition) is 2. The zero-order valence-corrected chi connectivity index (χ0v) is 7.36. The van der Waals surface area contributed by atoms with Crippen LogP contribution in [0.3, 0.4) is 0 Å². The Balaban J connectivity index is 2.89. The molecule has 0 saturated heterocycles. The third-order valence-electron chi connectivity index (χ3n) is 1.17. The fraction of sp³-hybridized carbons (Fsp3) is 0. The van der Waals surface area contributed by atoms with E-state index in [9.17, 15) is 4.79 Å². The maximum absolute atomic E-state index is 10.2. The van der Waals surface area contributed by atoms with E-state index in [1.165, 1.54) is 18.2 Å². The molecule has 0 aliphatic carbocycles. The quantitative estimate of drug-likeness (QED) is 0.741. The van der Waals surface area contributed by atoms with Gasteiger partial charge in [0.05, 0.1) is 10.0 Å². The van der Waals surface area contributed by atoms with Gasteiger partial charge in [0.1, 0.15) is 0 Å². The summed E-state index contributed by atoms with van der Waals surface area (Å²) in [5.74, 6) is 0. The van der Waals surface area contributed by atoms with Crippen LogP contribution in [0.15, 0.2) is 18.2 Å². The zero-order chi connectivity index (χ0) is 9.14. The van der Waals surface area contributed by atoms with Gasteiger partial charge >= 0.3 is 6.09 Å². The van der Waals surface area contributed by atoms with Gasteiger partial charge in [-0.1, -0.05) is 23.2 Å². The minimum absolute atomic E-state index is 0.322. The van der Waals surface area contributed by atoms with Crippen LogP contribution in [0, 0.1) is 0 Å². The molecule has 0 saturated carbocycles. The molecule has 0 atom stereocenters. The molecular weight excluding hydrogens is 201 g/mol. The molecule has 0 heterocycles. The Labute approximate surface area is 78.9 Å². The molecule has 0 bridgehead atoms. The van der Waals surface area contributed by atoms with Crippen LogP contribution < -0.4 is 5.32 Å². The number of anilines is 1. The van der Waals surface area contributed by atoms with Gasteiger partial charge in [0.25, 0.3) is 0 Å². The van der Waals surface area contributed by atoms with Crippen molar-refractivity contribution in [2.24, 2.45) is 0 Å². The van der Waals surface area contributed by atoms with Crippen molar-refractivity contribution in [3.8, 4) is 0 Å². The van der Waals surface area contributed by atoms with Crippen molar-refractivity contribution in [1.82, 2.24) is 0 Å². The Morgan fingerprint density at radius 2 is 2.00 bits per heavy atom. The van der Waals surface area contributed by atoms with E-state index in [1.54, 1.807) is 0 Å². The number of amides is 1. The molecule has 2 N–H and O–H groups in total. The number of halogens is 2. The van der Waals surface area contributed by atoms with E-state index < -0.39 is 6.09 Å². The van der Waals surface area contributed by atoms with Crippen molar-refractivity contribution >= 4 is 35.0 Å². The minimum Gasteiger partial charge on any atom is -0.465 e. The number of nitrogens with one attached hydrogen (secondary N) is 1. The molecule has 0 aliphatic rings. The van der Waals surface area contributed by atoms with Crippen molar-refractivity contribution in [1.29, 1.82) is 0 Å². The maximum Gasteiger partial charge on any atom is 0.409 e. The van der Waals surface area contributed by atoms with Gasteiger partial charge in [-0.3, -0.25) is 5.32 Å². The van der Waals surface area contributed by atoms with E-state index in [1.807, 2.05) is 0 Å². The minimum atomic E-state index is -1.13. The summed E-state index contributed by atoms with van der Waals surface area (Å²) in [4.78, 5) is 10.2. The second-order valence-electron chi connectivity index (χ2n) is 2.06. The highest BCUT2D eigenvalue weighted by Crippen LogP contribution is 2.24. The van der Waals surface area contributed by atoms with Crippen molar-refractivity contribution in [2.45, 2.75) is 0 Å². The van der Waals surface area contributed by atoms with Gasteiger partial charge in [0.15, 0.2) is 0 Å². The number of carboxylic acid groups (broad SMARTS) is 1. The number of hydrogen-bond acceptors (Lipinski definition) is 1. The summed E-state index contributed by atoms with van der Waals surface area (Å²) in [6.45, 7) is 0. The van der Waals surface area contributed by atoms with E-state index in [0.29, 0.717) is 15.7 Å². The highest BCUT2D eigenvalue weighted by molar-refractivity contribution is 6.42. The van der Waals surface area contributed by atoms with Crippen LogP contribution in [0.5, 0.6) is 0 Å².